The van der Waals surface area contributed by atoms with Crippen LogP contribution in [0.2, 0.25) is 0 Å². The average molecular weight is 347 g/mol. The van der Waals surface area contributed by atoms with Crippen LogP contribution >= 0.6 is 0 Å². The van der Waals surface area contributed by atoms with Crippen molar-refractivity contribution < 1.29 is 57.1 Å². The van der Waals surface area contributed by atoms with E-state index in [1.165, 1.54) is 0 Å². The summed E-state index contributed by atoms with van der Waals surface area (Å²) >= 11 is 0. The lowest BCUT2D eigenvalue weighted by atomic mass is 9.86. The molecular weight excluding hydrogens is 343 g/mol. The van der Waals surface area contributed by atoms with Crippen LogP contribution in [0.3, 0.4) is 0 Å². The normalized spacial score (nSPS) is 18.6. The molecule has 0 heterocycles. The van der Waals surface area contributed by atoms with Crippen molar-refractivity contribution in [3.05, 3.63) is 6.92 Å². The molecule has 13 heteroatoms. The third-order valence-corrected chi connectivity index (χ3v) is 2.44. The van der Waals surface area contributed by atoms with Gasteiger partial charge >= 0.3 is 30.1 Å². The van der Waals surface area contributed by atoms with E-state index < -0.39 is 42.2 Å². The summed E-state index contributed by atoms with van der Waals surface area (Å²) in [5.74, 6) is -22.7. The molecule has 0 spiro atoms. The van der Waals surface area contributed by atoms with Gasteiger partial charge in [0.2, 0.25) is 0 Å². The van der Waals surface area contributed by atoms with E-state index in [-0.39, 0.29) is 0 Å². The minimum absolute atomic E-state index is 1.91. The number of hydrogen-bond donors (Lipinski definition) is 0. The Balaban J connectivity index is 6.24. The van der Waals surface area contributed by atoms with E-state index in [1.54, 1.807) is 0 Å². The summed E-state index contributed by atoms with van der Waals surface area (Å²) in [6, 6.07) is 0. The molecule has 1 unspecified atom stereocenters. The predicted molar refractivity (Wildman–Crippen MR) is 40.8 cm³/mol. The van der Waals surface area contributed by atoms with E-state index in [2.05, 4.69) is 0 Å². The number of rotatable bonds is 4. The quantitative estimate of drug-likeness (QED) is 0.632. The maximum atomic E-state index is 13.1. The molecule has 0 amide bonds. The van der Waals surface area contributed by atoms with Crippen molar-refractivity contribution in [2.24, 2.45) is 0 Å². The molecule has 1 radical (unpaired) electrons. The van der Waals surface area contributed by atoms with Crippen molar-refractivity contribution in [2.75, 3.05) is 0 Å². The lowest BCUT2D eigenvalue weighted by Crippen LogP contribution is -2.70. The van der Waals surface area contributed by atoms with Crippen LogP contribution < -0.4 is 0 Å². The minimum atomic E-state index is -7.71. The molecule has 0 saturated carbocycles. The van der Waals surface area contributed by atoms with E-state index in [1.807, 2.05) is 6.92 Å². The monoisotopic (exact) mass is 347 g/mol. The van der Waals surface area contributed by atoms with Crippen LogP contribution in [0.5, 0.6) is 0 Å². The second kappa shape index (κ2) is 4.80. The third kappa shape index (κ3) is 2.51. The van der Waals surface area contributed by atoms with E-state index in [0.717, 1.165) is 0 Å². The fourth-order valence-corrected chi connectivity index (χ4v) is 1.10. The van der Waals surface area contributed by atoms with E-state index in [4.69, 9.17) is 0 Å². The van der Waals surface area contributed by atoms with Crippen molar-refractivity contribution in [3.8, 4) is 0 Å². The van der Waals surface area contributed by atoms with Crippen LogP contribution in [-0.4, -0.2) is 35.8 Å². The van der Waals surface area contributed by atoms with Gasteiger partial charge in [0.25, 0.3) is 5.67 Å². The number of hydrogen-bond acceptors (Lipinski definition) is 0. The first kappa shape index (κ1) is 20.1. The van der Waals surface area contributed by atoms with Crippen molar-refractivity contribution in [1.82, 2.24) is 0 Å². The van der Waals surface area contributed by atoms with Crippen molar-refractivity contribution in [3.63, 3.8) is 0 Å². The average Bonchev–Trinajstić information content (AvgIpc) is 2.23. The molecule has 0 rings (SSSR count). The Bertz CT molecular complexity index is 375. The van der Waals surface area contributed by atoms with Crippen molar-refractivity contribution in [2.45, 2.75) is 42.2 Å². The van der Waals surface area contributed by atoms with Crippen LogP contribution in [0, 0.1) is 6.92 Å². The fraction of sp³-hybridized carbons (Fsp3) is 0.875. The van der Waals surface area contributed by atoms with Gasteiger partial charge in [-0.3, -0.25) is 0 Å². The Morgan fingerprint density at radius 1 is 0.476 bits per heavy atom. The summed E-state index contributed by atoms with van der Waals surface area (Å²) in [4.78, 5) is 0. The highest BCUT2D eigenvalue weighted by atomic mass is 19.4. The van der Waals surface area contributed by atoms with Crippen LogP contribution in [0.25, 0.3) is 0 Å². The highest BCUT2D eigenvalue weighted by molar-refractivity contribution is 5.12. The van der Waals surface area contributed by atoms with Crippen LogP contribution in [-0.2, 0) is 0 Å². The molecule has 0 aliphatic carbocycles. The van der Waals surface area contributed by atoms with Crippen LogP contribution in [0.4, 0.5) is 57.1 Å². The SMILES string of the molecule is [CH2]CC(F)(C(F)(F)F)C(F)(F)C(F)(F)C(F)(F)C(F)(F)F. The molecule has 0 nitrogen and oxygen atoms in total. The second-order valence-electron chi connectivity index (χ2n) is 3.77. The third-order valence-electron chi connectivity index (χ3n) is 2.44. The minimum Gasteiger partial charge on any atom is -0.227 e. The van der Waals surface area contributed by atoms with Gasteiger partial charge in [-0.1, -0.05) is 0 Å². The standard InChI is InChI=1S/C8H4F13/c1-2-3(9,7(16,17)18)4(10,11)5(12,13)6(14,15)8(19,20)21/h1-2H2. The van der Waals surface area contributed by atoms with Crippen LogP contribution in [0.15, 0.2) is 0 Å². The molecule has 0 aromatic rings. The molecule has 0 aliphatic heterocycles. The summed E-state index contributed by atoms with van der Waals surface area (Å²) in [7, 11) is 0. The lowest BCUT2D eigenvalue weighted by Gasteiger charge is -2.41. The zero-order valence-electron chi connectivity index (χ0n) is 9.33. The maximum Gasteiger partial charge on any atom is 0.460 e. The van der Waals surface area contributed by atoms with Gasteiger partial charge < -0.3 is 0 Å². The molecule has 127 valence electrons. The zero-order valence-corrected chi connectivity index (χ0v) is 9.33. The van der Waals surface area contributed by atoms with Gasteiger partial charge in [-0.2, -0.15) is 52.7 Å². The molecule has 0 saturated heterocycles. The zero-order chi connectivity index (χ0) is 17.7. The van der Waals surface area contributed by atoms with E-state index in [9.17, 15) is 57.1 Å². The van der Waals surface area contributed by atoms with Gasteiger partial charge in [0.1, 0.15) is 0 Å². The van der Waals surface area contributed by atoms with E-state index in [0.29, 0.717) is 0 Å². The van der Waals surface area contributed by atoms with E-state index >= 15 is 0 Å². The van der Waals surface area contributed by atoms with Gasteiger partial charge in [0.15, 0.2) is 0 Å². The molecule has 0 aromatic heterocycles. The fourth-order valence-electron chi connectivity index (χ4n) is 1.10. The summed E-state index contributed by atoms with van der Waals surface area (Å²) in [5, 5.41) is 0. The summed E-state index contributed by atoms with van der Waals surface area (Å²) in [6.07, 6.45) is -17.0. The smallest absolute Gasteiger partial charge is 0.227 e. The largest absolute Gasteiger partial charge is 0.460 e. The highest BCUT2D eigenvalue weighted by Crippen LogP contribution is 2.60. The Morgan fingerprint density at radius 2 is 0.810 bits per heavy atom. The first-order chi connectivity index (χ1) is 8.81. The Hall–Kier alpha value is -0.910. The Labute approximate surface area is 107 Å². The number of halogens is 13. The van der Waals surface area contributed by atoms with Crippen LogP contribution in [0.1, 0.15) is 6.42 Å². The molecule has 21 heavy (non-hydrogen) atoms. The topological polar surface area (TPSA) is 0 Å². The maximum absolute atomic E-state index is 13.1. The molecule has 1 atom stereocenters. The van der Waals surface area contributed by atoms with Gasteiger partial charge in [0.05, 0.1) is 0 Å². The van der Waals surface area contributed by atoms with Crippen molar-refractivity contribution in [1.29, 1.82) is 0 Å². The van der Waals surface area contributed by atoms with Gasteiger partial charge in [-0.15, -0.1) is 0 Å². The summed E-state index contributed by atoms with van der Waals surface area (Å²) < 4.78 is 160. The molecule has 0 N–H and O–H groups in total. The van der Waals surface area contributed by atoms with Gasteiger partial charge in [0, 0.05) is 0 Å². The lowest BCUT2D eigenvalue weighted by molar-refractivity contribution is -0.431. The molecule has 0 fully saturated rings. The first-order valence-corrected chi connectivity index (χ1v) is 4.56. The molecule has 0 aliphatic rings. The first-order valence-electron chi connectivity index (χ1n) is 4.56. The summed E-state index contributed by atoms with van der Waals surface area (Å²) in [5.41, 5.74) is -6.39. The Morgan fingerprint density at radius 3 is 1.00 bits per heavy atom. The molecular formula is C8H4F13. The predicted octanol–water partition coefficient (Wildman–Crippen LogP) is 4.95. The highest BCUT2D eigenvalue weighted by Gasteiger charge is 2.89. The Kier molecular flexibility index (Phi) is 4.59. The van der Waals surface area contributed by atoms with Gasteiger partial charge in [-0.05, 0) is 13.3 Å². The molecule has 0 aromatic carbocycles. The second-order valence-corrected chi connectivity index (χ2v) is 3.77. The molecule has 0 bridgehead atoms. The summed E-state index contributed by atoms with van der Waals surface area (Å²) in [6.45, 7) is 1.91. The van der Waals surface area contributed by atoms with Gasteiger partial charge in [-0.25, -0.2) is 4.39 Å². The number of alkyl halides is 13. The van der Waals surface area contributed by atoms with Crippen molar-refractivity contribution >= 4 is 0 Å².